The van der Waals surface area contributed by atoms with Gasteiger partial charge in [0.2, 0.25) is 0 Å². The van der Waals surface area contributed by atoms with E-state index in [1.807, 2.05) is 26.0 Å². The number of nitriles is 1. The third-order valence-corrected chi connectivity index (χ3v) is 4.08. The Kier molecular flexibility index (Phi) is 5.94. The van der Waals surface area contributed by atoms with Gasteiger partial charge in [0.15, 0.2) is 0 Å². The molecule has 1 heterocycles. The highest BCUT2D eigenvalue weighted by Crippen LogP contribution is 2.31. The minimum absolute atomic E-state index is 0.265. The summed E-state index contributed by atoms with van der Waals surface area (Å²) in [5, 5.41) is 14.2. The Morgan fingerprint density at radius 1 is 1.67 bits per heavy atom. The van der Waals surface area contributed by atoms with Gasteiger partial charge >= 0.3 is 0 Å². The standard InChI is InChI=1S/C13H18ClN3S/c1-4-17-13(3,9-15)8-10(2)18-12-11(14)6-5-7-16-12/h5-7,10,17H,4,8H2,1-3H3. The lowest BCUT2D eigenvalue weighted by atomic mass is 9.98. The van der Waals surface area contributed by atoms with Gasteiger partial charge in [-0.05, 0) is 32.0 Å². The topological polar surface area (TPSA) is 48.7 Å². The van der Waals surface area contributed by atoms with Gasteiger partial charge in [-0.2, -0.15) is 5.26 Å². The molecule has 1 N–H and O–H groups in total. The Bertz CT molecular complexity index is 432. The average Bonchev–Trinajstić information content (AvgIpc) is 2.32. The van der Waals surface area contributed by atoms with E-state index in [1.165, 1.54) is 0 Å². The van der Waals surface area contributed by atoms with Gasteiger partial charge in [-0.25, -0.2) is 4.98 Å². The molecular formula is C13H18ClN3S. The number of hydrogen-bond acceptors (Lipinski definition) is 4. The Labute approximate surface area is 118 Å². The molecule has 1 aromatic rings. The summed E-state index contributed by atoms with van der Waals surface area (Å²) in [6.45, 7) is 6.80. The highest BCUT2D eigenvalue weighted by molar-refractivity contribution is 7.99. The molecular weight excluding hydrogens is 266 g/mol. The fraction of sp³-hybridized carbons (Fsp3) is 0.538. The second kappa shape index (κ2) is 6.98. The lowest BCUT2D eigenvalue weighted by Gasteiger charge is -2.25. The maximum Gasteiger partial charge on any atom is 0.115 e. The lowest BCUT2D eigenvalue weighted by Crippen LogP contribution is -2.42. The number of halogens is 1. The number of aromatic nitrogens is 1. The van der Waals surface area contributed by atoms with Gasteiger partial charge < -0.3 is 0 Å². The smallest absolute Gasteiger partial charge is 0.115 e. The fourth-order valence-corrected chi connectivity index (χ4v) is 3.17. The monoisotopic (exact) mass is 283 g/mol. The Balaban J connectivity index is 2.64. The van der Waals surface area contributed by atoms with Crippen molar-refractivity contribution in [1.29, 1.82) is 5.26 Å². The van der Waals surface area contributed by atoms with E-state index in [2.05, 4.69) is 23.3 Å². The average molecular weight is 284 g/mol. The molecule has 0 fully saturated rings. The molecule has 0 aliphatic rings. The van der Waals surface area contributed by atoms with Gasteiger partial charge in [0.05, 0.1) is 11.1 Å². The molecule has 1 aromatic heterocycles. The van der Waals surface area contributed by atoms with Gasteiger partial charge in [-0.3, -0.25) is 5.32 Å². The molecule has 2 unspecified atom stereocenters. The zero-order valence-electron chi connectivity index (χ0n) is 10.9. The summed E-state index contributed by atoms with van der Waals surface area (Å²) >= 11 is 7.67. The van der Waals surface area contributed by atoms with E-state index in [0.717, 1.165) is 18.0 Å². The zero-order chi connectivity index (χ0) is 13.6. The molecule has 3 nitrogen and oxygen atoms in total. The minimum atomic E-state index is -0.498. The Hall–Kier alpha value is -0.760. The number of nitrogens with zero attached hydrogens (tertiary/aromatic N) is 2. The summed E-state index contributed by atoms with van der Waals surface area (Å²) in [5.41, 5.74) is -0.498. The largest absolute Gasteiger partial charge is 0.300 e. The summed E-state index contributed by atoms with van der Waals surface area (Å²) in [5.74, 6) is 0. The Morgan fingerprint density at radius 2 is 2.39 bits per heavy atom. The maximum absolute atomic E-state index is 9.22. The van der Waals surface area contributed by atoms with E-state index in [4.69, 9.17) is 11.6 Å². The van der Waals surface area contributed by atoms with Crippen molar-refractivity contribution >= 4 is 23.4 Å². The van der Waals surface area contributed by atoms with Gasteiger partial charge in [0.25, 0.3) is 0 Å². The van der Waals surface area contributed by atoms with Crippen molar-refractivity contribution in [2.75, 3.05) is 6.54 Å². The van der Waals surface area contributed by atoms with E-state index < -0.39 is 5.54 Å². The SMILES string of the molecule is CCNC(C)(C#N)CC(C)Sc1ncccc1Cl. The first kappa shape index (κ1) is 15.3. The number of thioether (sulfide) groups is 1. The predicted octanol–water partition coefficient (Wildman–Crippen LogP) is 3.50. The van der Waals surface area contributed by atoms with Gasteiger partial charge in [-0.15, -0.1) is 11.8 Å². The summed E-state index contributed by atoms with van der Waals surface area (Å²) in [4.78, 5) is 4.25. The maximum atomic E-state index is 9.22. The van der Waals surface area contributed by atoms with Crippen LogP contribution in [0.2, 0.25) is 5.02 Å². The van der Waals surface area contributed by atoms with Crippen LogP contribution in [0.1, 0.15) is 27.2 Å². The van der Waals surface area contributed by atoms with Crippen molar-refractivity contribution in [3.8, 4) is 6.07 Å². The molecule has 98 valence electrons. The Morgan fingerprint density at radius 3 is 2.94 bits per heavy atom. The molecule has 0 bridgehead atoms. The van der Waals surface area contributed by atoms with E-state index >= 15 is 0 Å². The molecule has 18 heavy (non-hydrogen) atoms. The second-order valence-corrected chi connectivity index (χ2v) is 6.23. The van der Waals surface area contributed by atoms with Crippen molar-refractivity contribution in [1.82, 2.24) is 10.3 Å². The minimum Gasteiger partial charge on any atom is -0.300 e. The molecule has 2 atom stereocenters. The third-order valence-electron chi connectivity index (χ3n) is 2.55. The van der Waals surface area contributed by atoms with Crippen molar-refractivity contribution in [2.45, 2.75) is 43.0 Å². The molecule has 0 radical (unpaired) electrons. The summed E-state index contributed by atoms with van der Waals surface area (Å²) in [7, 11) is 0. The lowest BCUT2D eigenvalue weighted by molar-refractivity contribution is 0.429. The van der Waals surface area contributed by atoms with Crippen LogP contribution in [0.15, 0.2) is 23.4 Å². The summed E-state index contributed by atoms with van der Waals surface area (Å²) < 4.78 is 0. The fourth-order valence-electron chi connectivity index (χ4n) is 1.81. The molecule has 0 aliphatic heterocycles. The van der Waals surface area contributed by atoms with Crippen LogP contribution >= 0.6 is 23.4 Å². The highest BCUT2D eigenvalue weighted by atomic mass is 35.5. The van der Waals surface area contributed by atoms with E-state index in [1.54, 1.807) is 18.0 Å². The van der Waals surface area contributed by atoms with Crippen LogP contribution in [0, 0.1) is 11.3 Å². The van der Waals surface area contributed by atoms with Crippen molar-refractivity contribution in [3.63, 3.8) is 0 Å². The molecule has 0 saturated heterocycles. The van der Waals surface area contributed by atoms with Gasteiger partial charge in [-0.1, -0.05) is 25.4 Å². The summed E-state index contributed by atoms with van der Waals surface area (Å²) in [6, 6.07) is 5.98. The van der Waals surface area contributed by atoms with E-state index in [9.17, 15) is 5.26 Å². The zero-order valence-corrected chi connectivity index (χ0v) is 12.5. The third kappa shape index (κ3) is 4.49. The molecule has 0 spiro atoms. The number of hydrogen-bond donors (Lipinski definition) is 1. The van der Waals surface area contributed by atoms with Gasteiger partial charge in [0.1, 0.15) is 10.6 Å². The quantitative estimate of drug-likeness (QED) is 0.812. The molecule has 0 saturated carbocycles. The van der Waals surface area contributed by atoms with Crippen molar-refractivity contribution in [2.24, 2.45) is 0 Å². The van der Waals surface area contributed by atoms with Gasteiger partial charge in [0, 0.05) is 11.4 Å². The number of pyridine rings is 1. The second-order valence-electron chi connectivity index (χ2n) is 4.40. The van der Waals surface area contributed by atoms with Crippen LogP contribution in [-0.2, 0) is 0 Å². The van der Waals surface area contributed by atoms with Crippen LogP contribution < -0.4 is 5.32 Å². The van der Waals surface area contributed by atoms with Crippen LogP contribution in [0.4, 0.5) is 0 Å². The number of nitrogens with one attached hydrogen (secondary N) is 1. The van der Waals surface area contributed by atoms with E-state index in [-0.39, 0.29) is 5.25 Å². The molecule has 0 aliphatic carbocycles. The van der Waals surface area contributed by atoms with Crippen LogP contribution in [0.3, 0.4) is 0 Å². The van der Waals surface area contributed by atoms with Crippen molar-refractivity contribution in [3.05, 3.63) is 23.4 Å². The predicted molar refractivity (Wildman–Crippen MR) is 76.9 cm³/mol. The summed E-state index contributed by atoms with van der Waals surface area (Å²) in [6.07, 6.45) is 2.48. The molecule has 5 heteroatoms. The molecule has 1 rings (SSSR count). The van der Waals surface area contributed by atoms with Crippen LogP contribution in [0.25, 0.3) is 0 Å². The first-order valence-corrected chi connectivity index (χ1v) is 7.20. The van der Waals surface area contributed by atoms with Crippen molar-refractivity contribution < 1.29 is 0 Å². The first-order valence-electron chi connectivity index (χ1n) is 5.94. The molecule has 0 amide bonds. The number of rotatable bonds is 6. The molecule has 0 aromatic carbocycles. The highest BCUT2D eigenvalue weighted by Gasteiger charge is 2.26. The van der Waals surface area contributed by atoms with Crippen LogP contribution in [0.5, 0.6) is 0 Å². The van der Waals surface area contributed by atoms with Crippen LogP contribution in [-0.4, -0.2) is 22.3 Å². The first-order chi connectivity index (χ1) is 8.50. The normalized spacial score (nSPS) is 15.7. The van der Waals surface area contributed by atoms with E-state index in [0.29, 0.717) is 5.02 Å².